The Morgan fingerprint density at radius 1 is 1.33 bits per heavy atom. The molecule has 7 heteroatoms. The van der Waals surface area contributed by atoms with Gasteiger partial charge in [-0.2, -0.15) is 10.2 Å². The quantitative estimate of drug-likeness (QED) is 0.745. The molecule has 0 spiro atoms. The molecule has 1 amide bonds. The van der Waals surface area contributed by atoms with E-state index in [9.17, 15) is 4.79 Å². The number of nitrogens with one attached hydrogen (secondary N) is 2. The Morgan fingerprint density at radius 3 is 2.79 bits per heavy atom. The number of carbonyl (C=O) groups is 1. The van der Waals surface area contributed by atoms with Crippen LogP contribution in [0.1, 0.15) is 36.1 Å². The van der Waals surface area contributed by atoms with Crippen LogP contribution in [0.3, 0.4) is 0 Å². The first-order valence-corrected chi connectivity index (χ1v) is 8.10. The third-order valence-corrected chi connectivity index (χ3v) is 4.05. The molecule has 0 aliphatic carbocycles. The predicted octanol–water partition coefficient (Wildman–Crippen LogP) is 3.44. The largest absolute Gasteiger partial charge is 0.343 e. The van der Waals surface area contributed by atoms with Crippen molar-refractivity contribution in [2.24, 2.45) is 0 Å². The van der Waals surface area contributed by atoms with Crippen LogP contribution in [0.2, 0.25) is 5.02 Å². The van der Waals surface area contributed by atoms with Crippen LogP contribution in [0.25, 0.3) is 11.3 Å². The molecule has 1 atom stereocenters. The lowest BCUT2D eigenvalue weighted by Gasteiger charge is -2.14. The Bertz CT molecular complexity index is 837. The predicted molar refractivity (Wildman–Crippen MR) is 92.8 cm³/mol. The SMILES string of the molecule is CCn1nccc1C(C)NC(=O)c1cc(-c2ccc(Cl)cc2)n[nH]1. The first-order chi connectivity index (χ1) is 11.6. The minimum Gasteiger partial charge on any atom is -0.343 e. The lowest BCUT2D eigenvalue weighted by Crippen LogP contribution is -2.28. The number of hydrogen-bond donors (Lipinski definition) is 2. The smallest absolute Gasteiger partial charge is 0.269 e. The molecular weight excluding hydrogens is 326 g/mol. The molecular formula is C17H18ClN5O. The van der Waals surface area contributed by atoms with E-state index in [4.69, 9.17) is 11.6 Å². The van der Waals surface area contributed by atoms with Crippen molar-refractivity contribution in [1.82, 2.24) is 25.3 Å². The summed E-state index contributed by atoms with van der Waals surface area (Å²) in [5.74, 6) is -0.209. The van der Waals surface area contributed by atoms with E-state index in [1.807, 2.05) is 36.7 Å². The minimum atomic E-state index is -0.209. The van der Waals surface area contributed by atoms with Crippen molar-refractivity contribution in [1.29, 1.82) is 0 Å². The van der Waals surface area contributed by atoms with Gasteiger partial charge in [0.05, 0.1) is 17.4 Å². The van der Waals surface area contributed by atoms with Crippen LogP contribution in [0.4, 0.5) is 0 Å². The summed E-state index contributed by atoms with van der Waals surface area (Å²) < 4.78 is 1.86. The average molecular weight is 344 g/mol. The molecule has 1 unspecified atom stereocenters. The van der Waals surface area contributed by atoms with Crippen molar-refractivity contribution in [2.75, 3.05) is 0 Å². The summed E-state index contributed by atoms with van der Waals surface area (Å²) in [6.45, 7) is 4.70. The summed E-state index contributed by atoms with van der Waals surface area (Å²) in [4.78, 5) is 12.4. The van der Waals surface area contributed by atoms with Gasteiger partial charge in [0, 0.05) is 23.3 Å². The zero-order valence-corrected chi connectivity index (χ0v) is 14.2. The molecule has 1 aromatic carbocycles. The molecule has 0 saturated heterocycles. The summed E-state index contributed by atoms with van der Waals surface area (Å²) in [6.07, 6.45) is 1.73. The molecule has 3 aromatic rings. The monoisotopic (exact) mass is 343 g/mol. The highest BCUT2D eigenvalue weighted by atomic mass is 35.5. The number of aromatic nitrogens is 4. The van der Waals surface area contributed by atoms with Crippen molar-refractivity contribution in [3.8, 4) is 11.3 Å². The lowest BCUT2D eigenvalue weighted by molar-refractivity contribution is 0.0933. The molecule has 0 saturated carbocycles. The van der Waals surface area contributed by atoms with Crippen LogP contribution < -0.4 is 5.32 Å². The second-order valence-corrected chi connectivity index (χ2v) is 5.88. The number of nitrogens with zero attached hydrogens (tertiary/aromatic N) is 3. The fraction of sp³-hybridized carbons (Fsp3) is 0.235. The Balaban J connectivity index is 1.73. The normalized spacial score (nSPS) is 12.1. The number of benzene rings is 1. The Labute approximate surface area is 144 Å². The van der Waals surface area contributed by atoms with Gasteiger partial charge in [-0.15, -0.1) is 0 Å². The first kappa shape index (κ1) is 16.3. The topological polar surface area (TPSA) is 75.6 Å². The summed E-state index contributed by atoms with van der Waals surface area (Å²) in [7, 11) is 0. The molecule has 2 aromatic heterocycles. The van der Waals surface area contributed by atoms with Crippen molar-refractivity contribution >= 4 is 17.5 Å². The number of hydrogen-bond acceptors (Lipinski definition) is 3. The average Bonchev–Trinajstić information content (AvgIpc) is 3.24. The molecule has 0 radical (unpaired) electrons. The zero-order valence-electron chi connectivity index (χ0n) is 13.5. The highest BCUT2D eigenvalue weighted by Crippen LogP contribution is 2.20. The maximum atomic E-state index is 12.4. The van der Waals surface area contributed by atoms with Crippen LogP contribution in [0, 0.1) is 0 Å². The van der Waals surface area contributed by atoms with Crippen molar-refractivity contribution < 1.29 is 4.79 Å². The third-order valence-electron chi connectivity index (χ3n) is 3.80. The molecule has 0 bridgehead atoms. The molecule has 6 nitrogen and oxygen atoms in total. The van der Waals surface area contributed by atoms with Crippen LogP contribution in [-0.4, -0.2) is 25.9 Å². The molecule has 124 valence electrons. The summed E-state index contributed by atoms with van der Waals surface area (Å²) in [5, 5.41) is 14.8. The maximum absolute atomic E-state index is 12.4. The van der Waals surface area contributed by atoms with E-state index in [1.165, 1.54) is 0 Å². The third kappa shape index (κ3) is 3.33. The Kier molecular flexibility index (Phi) is 4.66. The van der Waals surface area contributed by atoms with Crippen molar-refractivity contribution in [2.45, 2.75) is 26.4 Å². The van der Waals surface area contributed by atoms with Gasteiger partial charge in [-0.1, -0.05) is 23.7 Å². The summed E-state index contributed by atoms with van der Waals surface area (Å²) in [6, 6.07) is 10.8. The molecule has 0 fully saturated rings. The van der Waals surface area contributed by atoms with Gasteiger partial charge >= 0.3 is 0 Å². The standard InChI is InChI=1S/C17H18ClN5O/c1-3-23-16(8-9-19-23)11(2)20-17(24)15-10-14(21-22-15)12-4-6-13(18)7-5-12/h4-11H,3H2,1-2H3,(H,20,24)(H,21,22). The maximum Gasteiger partial charge on any atom is 0.269 e. The molecule has 2 N–H and O–H groups in total. The van der Waals surface area contributed by atoms with E-state index in [1.54, 1.807) is 24.4 Å². The number of aryl methyl sites for hydroxylation is 1. The van der Waals surface area contributed by atoms with Crippen LogP contribution in [0.15, 0.2) is 42.6 Å². The van der Waals surface area contributed by atoms with Crippen LogP contribution in [-0.2, 0) is 6.54 Å². The Morgan fingerprint density at radius 2 is 2.08 bits per heavy atom. The van der Waals surface area contributed by atoms with Gasteiger partial charge < -0.3 is 5.32 Å². The summed E-state index contributed by atoms with van der Waals surface area (Å²) in [5.41, 5.74) is 2.97. The second kappa shape index (κ2) is 6.88. The fourth-order valence-corrected chi connectivity index (χ4v) is 2.66. The fourth-order valence-electron chi connectivity index (χ4n) is 2.53. The number of halogens is 1. The zero-order chi connectivity index (χ0) is 17.1. The van der Waals surface area contributed by atoms with Gasteiger partial charge in [0.15, 0.2) is 0 Å². The first-order valence-electron chi connectivity index (χ1n) is 7.72. The van der Waals surface area contributed by atoms with E-state index in [0.717, 1.165) is 17.8 Å². The van der Waals surface area contributed by atoms with Gasteiger partial charge in [-0.3, -0.25) is 14.6 Å². The van der Waals surface area contributed by atoms with Crippen molar-refractivity contribution in [3.63, 3.8) is 0 Å². The van der Waals surface area contributed by atoms with Crippen molar-refractivity contribution in [3.05, 3.63) is 59.0 Å². The highest BCUT2D eigenvalue weighted by molar-refractivity contribution is 6.30. The Hall–Kier alpha value is -2.60. The van der Waals surface area contributed by atoms with E-state index in [0.29, 0.717) is 16.4 Å². The highest BCUT2D eigenvalue weighted by Gasteiger charge is 2.16. The van der Waals surface area contributed by atoms with E-state index < -0.39 is 0 Å². The number of H-pyrrole nitrogens is 1. The van der Waals surface area contributed by atoms with E-state index in [-0.39, 0.29) is 11.9 Å². The lowest BCUT2D eigenvalue weighted by atomic mass is 10.1. The second-order valence-electron chi connectivity index (χ2n) is 5.44. The minimum absolute atomic E-state index is 0.151. The van der Waals surface area contributed by atoms with E-state index in [2.05, 4.69) is 20.6 Å². The van der Waals surface area contributed by atoms with Gasteiger partial charge in [-0.25, -0.2) is 0 Å². The number of amides is 1. The summed E-state index contributed by atoms with van der Waals surface area (Å²) >= 11 is 5.89. The number of rotatable bonds is 5. The molecule has 0 aliphatic rings. The van der Waals surface area contributed by atoms with Gasteiger partial charge in [0.2, 0.25) is 0 Å². The number of carbonyl (C=O) groups excluding carboxylic acids is 1. The molecule has 2 heterocycles. The van der Waals surface area contributed by atoms with Gasteiger partial charge in [0.1, 0.15) is 5.69 Å². The molecule has 3 rings (SSSR count). The van der Waals surface area contributed by atoms with Crippen LogP contribution in [0.5, 0.6) is 0 Å². The van der Waals surface area contributed by atoms with Gasteiger partial charge in [-0.05, 0) is 38.1 Å². The van der Waals surface area contributed by atoms with E-state index >= 15 is 0 Å². The van der Waals surface area contributed by atoms with Gasteiger partial charge in [0.25, 0.3) is 5.91 Å². The van der Waals surface area contributed by atoms with Crippen LogP contribution >= 0.6 is 11.6 Å². The molecule has 24 heavy (non-hydrogen) atoms. The number of aromatic amines is 1. The molecule has 0 aliphatic heterocycles.